The van der Waals surface area contributed by atoms with Gasteiger partial charge in [0.25, 0.3) is 45.4 Å². The Kier molecular flexibility index (Phi) is 72.0. The first-order valence-corrected chi connectivity index (χ1v) is 59.6. The lowest BCUT2D eigenvalue weighted by Crippen LogP contribution is -2.24. The third-order valence-electron chi connectivity index (χ3n) is 9.97. The molecule has 0 spiro atoms. The van der Waals surface area contributed by atoms with E-state index in [4.69, 9.17) is 75.7 Å². The van der Waals surface area contributed by atoms with Crippen LogP contribution in [0.1, 0.15) is 180 Å². The smallest absolute Gasteiger partial charge is 0.438 e. The van der Waals surface area contributed by atoms with Crippen LogP contribution in [0.15, 0.2) is 39.5 Å². The topological polar surface area (TPSA) is 166 Å². The number of hydrogen-bond donors (Lipinski definition) is 0. The Morgan fingerprint density at radius 3 is 0.500 bits per heavy atom. The van der Waals surface area contributed by atoms with Gasteiger partial charge in [-0.3, -0.25) is 0 Å². The maximum atomic E-state index is 6.46. The molecule has 0 bridgehead atoms. The van der Waals surface area contributed by atoms with Crippen LogP contribution in [0.5, 0.6) is 0 Å². The highest BCUT2D eigenvalue weighted by atomic mass is 31.2. The SMILES string of the molecule is C=C=P(OC(C)C)(OC(C)C)[O][Al]([CH2]C(C)C)[CH2]C(C)C.C=C=P(OC(C)C)(OC(C)C)[O][Al]([CH3])[CH3].C=C=P(OC(C)C)(OC(C)C)[O][Al]([CH3])[CH3].C=C=P(OCC)(OCC)[O][Al]([CH2]C(C)C)[CH2]C(C)C.C=C=P(OCC)(OCC)[O][Al]([CH3])[CH3].C=C=P(OCC)(OCC)[O][Al]([CH3])[CH3]. The van der Waals surface area contributed by atoms with Crippen molar-refractivity contribution in [2.45, 2.75) is 284 Å². The second-order valence-corrected chi connectivity index (χ2v) is 54.5. The van der Waals surface area contributed by atoms with Crippen molar-refractivity contribution in [3.63, 3.8) is 0 Å². The van der Waals surface area contributed by atoms with Gasteiger partial charge in [-0.2, -0.15) is 0 Å². The van der Waals surface area contributed by atoms with E-state index in [-0.39, 0.29) is 36.6 Å². The zero-order chi connectivity index (χ0) is 76.3. The van der Waals surface area contributed by atoms with Crippen LogP contribution < -0.4 is 0 Å². The fraction of sp³-hybridized carbons (Fsp3) is 0.818. The highest BCUT2D eigenvalue weighted by Crippen LogP contribution is 2.56. The van der Waals surface area contributed by atoms with Gasteiger partial charge in [-0.15, -0.1) is 0 Å². The predicted octanol–water partition coefficient (Wildman–Crippen LogP) is 22.5. The van der Waals surface area contributed by atoms with Crippen molar-refractivity contribution in [1.29, 1.82) is 0 Å². The van der Waals surface area contributed by atoms with Crippen LogP contribution in [0, 0.1) is 23.7 Å². The van der Waals surface area contributed by atoms with E-state index in [1.807, 2.05) is 125 Å². The van der Waals surface area contributed by atoms with Gasteiger partial charge in [0.15, 0.2) is 0 Å². The first kappa shape index (κ1) is 110. The molecule has 0 radical (unpaired) electrons. The molecule has 564 valence electrons. The molecular weight excluding hydrogens is 1430 g/mol. The molecule has 30 heteroatoms. The van der Waals surface area contributed by atoms with Crippen molar-refractivity contribution in [1.82, 2.24) is 0 Å². The Bertz CT molecular complexity index is 2230. The summed E-state index contributed by atoms with van der Waals surface area (Å²) in [5.41, 5.74) is 17.1. The van der Waals surface area contributed by atoms with Gasteiger partial charge >= 0.3 is 86.9 Å². The molecular formula is C66H144Al6O18P6. The molecule has 0 amide bonds. The Morgan fingerprint density at radius 2 is 0.375 bits per heavy atom. The molecule has 0 heterocycles. The van der Waals surface area contributed by atoms with Crippen molar-refractivity contribution in [3.8, 4) is 0 Å². The summed E-state index contributed by atoms with van der Waals surface area (Å²) in [6.07, 6.45) is 0.300. The average Bonchev–Trinajstić information content (AvgIpc) is 1.20. The highest BCUT2D eigenvalue weighted by molar-refractivity contribution is 7.63. The summed E-state index contributed by atoms with van der Waals surface area (Å²) >= 11 is -7.60. The van der Waals surface area contributed by atoms with Crippen molar-refractivity contribution in [2.24, 2.45) is 23.7 Å². The van der Waals surface area contributed by atoms with E-state index in [2.05, 4.69) is 174 Å². The van der Waals surface area contributed by atoms with Gasteiger partial charge in [-0.25, -0.2) is 0 Å². The molecule has 96 heavy (non-hydrogen) atoms. The van der Waals surface area contributed by atoms with Gasteiger partial charge in [0.1, 0.15) is 0 Å². The van der Waals surface area contributed by atoms with Crippen LogP contribution in [0.2, 0.25) is 67.4 Å². The molecule has 0 saturated heterocycles. The fourth-order valence-corrected chi connectivity index (χ4v) is 37.1. The largest absolute Gasteiger partial charge is 0.471 e. The molecule has 0 N–H and O–H groups in total. The van der Waals surface area contributed by atoms with E-state index < -0.39 is 132 Å². The van der Waals surface area contributed by atoms with Crippen LogP contribution in [0.25, 0.3) is 0 Å². The van der Waals surface area contributed by atoms with E-state index in [9.17, 15) is 0 Å². The lowest BCUT2D eigenvalue weighted by atomic mass is 10.3. The summed E-state index contributed by atoms with van der Waals surface area (Å²) in [6.45, 7) is 78.7. The van der Waals surface area contributed by atoms with Crippen LogP contribution in [0.3, 0.4) is 0 Å². The predicted molar refractivity (Wildman–Crippen MR) is 439 cm³/mol. The third kappa shape index (κ3) is 61.0. The second kappa shape index (κ2) is 62.9. The summed E-state index contributed by atoms with van der Waals surface area (Å²) in [6, 6.07) is 0. The molecule has 0 saturated carbocycles. The molecule has 0 aliphatic carbocycles. The summed E-state index contributed by atoms with van der Waals surface area (Å²) in [5, 5.41) is 4.54. The normalized spacial score (nSPS) is 11.9. The Morgan fingerprint density at radius 1 is 0.240 bits per heavy atom. The Labute approximate surface area is 622 Å². The number of rotatable bonds is 44. The van der Waals surface area contributed by atoms with Gasteiger partial charge in [0, 0.05) is 0 Å². The summed E-state index contributed by atoms with van der Waals surface area (Å²) in [7, 11) is -14.6. The van der Waals surface area contributed by atoms with Gasteiger partial charge in [-0.05, 0) is 125 Å². The zero-order valence-electron chi connectivity index (χ0n) is 67.6. The van der Waals surface area contributed by atoms with Crippen LogP contribution >= 0.6 is 45.4 Å². The average molecular weight is 1570 g/mol. The van der Waals surface area contributed by atoms with Gasteiger partial charge in [0.05, 0.1) is 76.3 Å². The van der Waals surface area contributed by atoms with E-state index in [1.54, 1.807) is 0 Å². The molecule has 0 atom stereocenters. The molecule has 0 aliphatic rings. The molecule has 18 nitrogen and oxygen atoms in total. The lowest BCUT2D eigenvalue weighted by molar-refractivity contribution is 0.137. The van der Waals surface area contributed by atoms with E-state index in [0.717, 1.165) is 21.1 Å². The van der Waals surface area contributed by atoms with Crippen molar-refractivity contribution >= 4 is 165 Å². The first-order chi connectivity index (χ1) is 44.3. The summed E-state index contributed by atoms with van der Waals surface area (Å²) in [5.74, 6) is 19.2. The zero-order valence-corrected chi connectivity index (χ0v) is 79.9. The Hall–Kier alpha value is 2.95. The quantitative estimate of drug-likeness (QED) is 0.0417. The third-order valence-corrected chi connectivity index (χ3v) is 41.7. The second-order valence-electron chi connectivity index (χ2n) is 26.0. The molecule has 0 aromatic heterocycles. The fourth-order valence-electron chi connectivity index (χ4n) is 7.89. The molecule has 0 rings (SSSR count). The first-order valence-electron chi connectivity index (χ1n) is 35.0. The van der Waals surface area contributed by atoms with Crippen molar-refractivity contribution in [3.05, 3.63) is 39.5 Å². The molecule has 0 unspecified atom stereocenters. The van der Waals surface area contributed by atoms with E-state index in [0.29, 0.717) is 63.3 Å². The summed E-state index contributed by atoms with van der Waals surface area (Å²) in [4.78, 5) is 0. The standard InChI is InChI=1S/3C8H16O3P.3C6H12O3P.4C4H9.8CH3.6Al/c3*1-6-12(9,10-7(2)3)11-8(4)5;3*1-4-8-10(7,6-3)9-5-2;4*1-4(2)3;;;;;;;;;;;;;;/h3*7-8H,1H2,2-5H3;3*3-5H2,1-2H3;4*4H,1H2,2-3H3;8*1H3;;;;;;/q6*-1;;;;;;;;;;;;;6*+1. The molecule has 0 aromatic carbocycles. The summed E-state index contributed by atoms with van der Waals surface area (Å²) < 4.78 is 104. The van der Waals surface area contributed by atoms with Gasteiger partial charge < -0.3 is 75.7 Å². The van der Waals surface area contributed by atoms with Crippen molar-refractivity contribution in [2.75, 3.05) is 39.6 Å². The van der Waals surface area contributed by atoms with E-state index >= 15 is 0 Å². The molecule has 0 aliphatic heterocycles. The minimum atomic E-state index is -2.56. The lowest BCUT2D eigenvalue weighted by Gasteiger charge is -2.31. The van der Waals surface area contributed by atoms with Gasteiger partial charge in [-0.1, -0.05) is 219 Å². The van der Waals surface area contributed by atoms with Crippen molar-refractivity contribution < 1.29 is 75.7 Å². The van der Waals surface area contributed by atoms with Crippen LogP contribution in [0.4, 0.5) is 0 Å². The monoisotopic (exact) mass is 1570 g/mol. The molecule has 0 fully saturated rings. The highest BCUT2D eigenvalue weighted by Gasteiger charge is 2.35. The minimum absolute atomic E-state index is 0.0408. The Balaban J connectivity index is -0.000000255. The maximum absolute atomic E-state index is 6.46. The number of hydrogen-bond acceptors (Lipinski definition) is 18. The minimum Gasteiger partial charge on any atom is -0.438 e. The van der Waals surface area contributed by atoms with Gasteiger partial charge in [0.2, 0.25) is 0 Å². The van der Waals surface area contributed by atoms with E-state index in [1.165, 1.54) is 0 Å². The van der Waals surface area contributed by atoms with Crippen LogP contribution in [-0.4, -0.2) is 196 Å². The molecule has 0 aromatic rings. The maximum Gasteiger partial charge on any atom is 0.471 e. The van der Waals surface area contributed by atoms with Crippen LogP contribution in [-0.2, 0) is 75.7 Å².